The smallest absolute Gasteiger partial charge is 0.242 e. The molecular formula is C30H34Cl2N4O4. The number of hydrogen-bond donors (Lipinski definition) is 1. The molecule has 1 aliphatic rings. The van der Waals surface area contributed by atoms with Gasteiger partial charge in [-0.1, -0.05) is 59.6 Å². The maximum atomic E-state index is 13.7. The van der Waals surface area contributed by atoms with Crippen LogP contribution < -0.4 is 15.4 Å². The van der Waals surface area contributed by atoms with Gasteiger partial charge >= 0.3 is 0 Å². The highest BCUT2D eigenvalue weighted by molar-refractivity contribution is 6.42. The third kappa shape index (κ3) is 7.67. The predicted molar refractivity (Wildman–Crippen MR) is 159 cm³/mol. The lowest BCUT2D eigenvalue weighted by Crippen LogP contribution is -2.47. The van der Waals surface area contributed by atoms with Gasteiger partial charge in [-0.2, -0.15) is 0 Å². The number of methoxy groups -OCH3 is 1. The lowest BCUT2D eigenvalue weighted by molar-refractivity contribution is -0.131. The van der Waals surface area contributed by atoms with Gasteiger partial charge in [-0.05, 0) is 47.0 Å². The molecule has 1 atom stereocenters. The predicted octanol–water partition coefficient (Wildman–Crippen LogP) is 4.49. The van der Waals surface area contributed by atoms with E-state index in [4.69, 9.17) is 38.4 Å². The fraction of sp³-hybridized carbons (Fsp3) is 0.333. The Morgan fingerprint density at radius 2 is 1.70 bits per heavy atom. The lowest BCUT2D eigenvalue weighted by Gasteiger charge is -2.36. The van der Waals surface area contributed by atoms with E-state index in [-0.39, 0.29) is 25.0 Å². The summed E-state index contributed by atoms with van der Waals surface area (Å²) in [5.41, 5.74) is 9.20. The first-order valence-corrected chi connectivity index (χ1v) is 13.8. The van der Waals surface area contributed by atoms with Crippen LogP contribution in [0.15, 0.2) is 66.7 Å². The molecule has 212 valence electrons. The Morgan fingerprint density at radius 3 is 2.35 bits per heavy atom. The first-order chi connectivity index (χ1) is 19.2. The molecule has 1 saturated heterocycles. The molecule has 40 heavy (non-hydrogen) atoms. The summed E-state index contributed by atoms with van der Waals surface area (Å²) >= 11 is 12.3. The van der Waals surface area contributed by atoms with Crippen molar-refractivity contribution in [1.29, 1.82) is 0 Å². The second-order valence-corrected chi connectivity index (χ2v) is 10.5. The van der Waals surface area contributed by atoms with E-state index in [1.54, 1.807) is 42.2 Å². The Morgan fingerprint density at radius 1 is 0.975 bits per heavy atom. The van der Waals surface area contributed by atoms with Gasteiger partial charge in [0.1, 0.15) is 5.75 Å². The number of primary amides is 1. The van der Waals surface area contributed by atoms with Crippen molar-refractivity contribution in [3.05, 3.63) is 82.3 Å². The van der Waals surface area contributed by atoms with E-state index in [0.717, 1.165) is 35.5 Å². The van der Waals surface area contributed by atoms with Crippen LogP contribution in [0.4, 0.5) is 5.69 Å². The fourth-order valence-electron chi connectivity index (χ4n) is 4.74. The van der Waals surface area contributed by atoms with Crippen molar-refractivity contribution in [3.8, 4) is 16.9 Å². The van der Waals surface area contributed by atoms with Gasteiger partial charge < -0.3 is 25.0 Å². The van der Waals surface area contributed by atoms with Gasteiger partial charge in [-0.3, -0.25) is 14.5 Å². The van der Waals surface area contributed by atoms with Gasteiger partial charge in [-0.25, -0.2) is 0 Å². The molecule has 3 aromatic carbocycles. The van der Waals surface area contributed by atoms with Gasteiger partial charge in [0.2, 0.25) is 11.8 Å². The molecule has 2 N–H and O–H groups in total. The molecule has 0 spiro atoms. The number of rotatable bonds is 11. The normalized spacial score (nSPS) is 14.4. The average Bonchev–Trinajstić information content (AvgIpc) is 2.97. The number of nitrogens with zero attached hydrogens (tertiary/aromatic N) is 3. The number of nitrogens with two attached hydrogens (primary N) is 1. The van der Waals surface area contributed by atoms with Crippen LogP contribution in [0.1, 0.15) is 11.6 Å². The zero-order valence-corrected chi connectivity index (χ0v) is 24.2. The number of halogens is 2. The summed E-state index contributed by atoms with van der Waals surface area (Å²) < 4.78 is 10.9. The van der Waals surface area contributed by atoms with Crippen LogP contribution >= 0.6 is 23.2 Å². The fourth-order valence-corrected chi connectivity index (χ4v) is 5.03. The number of ether oxygens (including phenoxy) is 2. The second-order valence-electron chi connectivity index (χ2n) is 9.71. The molecule has 8 nitrogen and oxygen atoms in total. The van der Waals surface area contributed by atoms with E-state index in [9.17, 15) is 9.59 Å². The van der Waals surface area contributed by atoms with Crippen molar-refractivity contribution in [3.63, 3.8) is 0 Å². The Bertz CT molecular complexity index is 1320. The van der Waals surface area contributed by atoms with E-state index >= 15 is 0 Å². The van der Waals surface area contributed by atoms with Crippen LogP contribution in [0.2, 0.25) is 10.0 Å². The van der Waals surface area contributed by atoms with Crippen LogP contribution in [-0.4, -0.2) is 81.7 Å². The Kier molecular flexibility index (Phi) is 10.3. The third-order valence-electron chi connectivity index (χ3n) is 7.04. The number of hydrogen-bond acceptors (Lipinski definition) is 6. The molecule has 0 bridgehead atoms. The zero-order chi connectivity index (χ0) is 28.6. The summed E-state index contributed by atoms with van der Waals surface area (Å²) in [4.78, 5) is 31.2. The molecule has 1 aliphatic heterocycles. The molecule has 4 rings (SSSR count). The monoisotopic (exact) mass is 584 g/mol. The highest BCUT2D eigenvalue weighted by Crippen LogP contribution is 2.29. The summed E-state index contributed by atoms with van der Waals surface area (Å²) in [7, 11) is 3.44. The number of anilines is 1. The van der Waals surface area contributed by atoms with Gasteiger partial charge in [0.15, 0.2) is 0 Å². The van der Waals surface area contributed by atoms with Gasteiger partial charge in [0, 0.05) is 32.4 Å². The molecule has 0 aliphatic carbocycles. The van der Waals surface area contributed by atoms with Crippen LogP contribution in [0.5, 0.6) is 5.75 Å². The van der Waals surface area contributed by atoms with Crippen molar-refractivity contribution < 1.29 is 19.1 Å². The quantitative estimate of drug-likeness (QED) is 0.357. The molecule has 0 radical (unpaired) electrons. The van der Waals surface area contributed by atoms with Crippen molar-refractivity contribution in [2.75, 3.05) is 65.0 Å². The molecule has 3 aromatic rings. The molecular weight excluding hydrogens is 551 g/mol. The van der Waals surface area contributed by atoms with Crippen molar-refractivity contribution >= 4 is 40.7 Å². The molecule has 10 heteroatoms. The first-order valence-electron chi connectivity index (χ1n) is 13.0. The van der Waals surface area contributed by atoms with E-state index < -0.39 is 5.91 Å². The maximum Gasteiger partial charge on any atom is 0.242 e. The maximum absolute atomic E-state index is 13.7. The van der Waals surface area contributed by atoms with Crippen molar-refractivity contribution in [1.82, 2.24) is 9.80 Å². The van der Waals surface area contributed by atoms with Crippen LogP contribution in [0.3, 0.4) is 0 Å². The van der Waals surface area contributed by atoms with Gasteiger partial charge in [0.05, 0.1) is 49.5 Å². The minimum absolute atomic E-state index is 0.0566. The SMILES string of the molecule is COc1cccc(-c2ccc(C(CN3CCOCC3)N(C)C(=O)CN(CC(N)=O)c3ccc(Cl)c(Cl)c3)cc2)c1. The number of benzene rings is 3. The standard InChI is InChI=1S/C30H34Cl2N4O4/c1-34(30(38)20-36(19-29(33)37)24-10-11-26(31)27(32)17-24)28(18-35-12-14-40-15-13-35)22-8-6-21(7-9-22)23-4-3-5-25(16-23)39-2/h3-11,16-17,28H,12-15,18-20H2,1-2H3,(H2,33,37). The number of likely N-dealkylation sites (N-methyl/N-ethyl adjacent to an activating group) is 1. The minimum Gasteiger partial charge on any atom is -0.497 e. The van der Waals surface area contributed by atoms with E-state index in [1.165, 1.54) is 0 Å². The molecule has 1 heterocycles. The minimum atomic E-state index is -0.556. The number of carbonyl (C=O) groups is 2. The third-order valence-corrected chi connectivity index (χ3v) is 7.77. The topological polar surface area (TPSA) is 88.3 Å². The van der Waals surface area contributed by atoms with Crippen LogP contribution in [0, 0.1) is 0 Å². The second kappa shape index (κ2) is 13.9. The van der Waals surface area contributed by atoms with Crippen molar-refractivity contribution in [2.45, 2.75) is 6.04 Å². The first kappa shape index (κ1) is 29.7. The molecule has 1 unspecified atom stereocenters. The Labute approximate surface area is 245 Å². The number of amides is 2. The summed E-state index contributed by atoms with van der Waals surface area (Å²) in [5.74, 6) is 0.0709. The van der Waals surface area contributed by atoms with Crippen LogP contribution in [-0.2, 0) is 14.3 Å². The van der Waals surface area contributed by atoms with Crippen LogP contribution in [0.25, 0.3) is 11.1 Å². The summed E-state index contributed by atoms with van der Waals surface area (Å²) in [6.45, 7) is 3.34. The zero-order valence-electron chi connectivity index (χ0n) is 22.7. The van der Waals surface area contributed by atoms with E-state index in [2.05, 4.69) is 29.2 Å². The van der Waals surface area contributed by atoms with Gasteiger partial charge in [0.25, 0.3) is 0 Å². The largest absolute Gasteiger partial charge is 0.497 e. The molecule has 0 aromatic heterocycles. The Balaban J connectivity index is 1.58. The number of morpholine rings is 1. The van der Waals surface area contributed by atoms with Gasteiger partial charge in [-0.15, -0.1) is 0 Å². The highest BCUT2D eigenvalue weighted by atomic mass is 35.5. The highest BCUT2D eigenvalue weighted by Gasteiger charge is 2.27. The van der Waals surface area contributed by atoms with E-state index in [1.807, 2.05) is 24.3 Å². The summed E-state index contributed by atoms with van der Waals surface area (Å²) in [6, 6.07) is 20.9. The lowest BCUT2D eigenvalue weighted by atomic mass is 9.99. The van der Waals surface area contributed by atoms with E-state index in [0.29, 0.717) is 35.5 Å². The summed E-state index contributed by atoms with van der Waals surface area (Å²) in [5, 5.41) is 0.714. The molecule has 2 amide bonds. The summed E-state index contributed by atoms with van der Waals surface area (Å²) in [6.07, 6.45) is 0. The Hall–Kier alpha value is -3.30. The molecule has 1 fully saturated rings. The average molecular weight is 586 g/mol. The number of carbonyl (C=O) groups excluding carboxylic acids is 2. The van der Waals surface area contributed by atoms with Crippen molar-refractivity contribution in [2.24, 2.45) is 5.73 Å². The molecule has 0 saturated carbocycles.